The fourth-order valence-corrected chi connectivity index (χ4v) is 3.52. The Kier molecular flexibility index (Phi) is 4.66. The molecule has 128 valence electrons. The molecule has 1 saturated carbocycles. The number of halogens is 4. The first-order valence-corrected chi connectivity index (χ1v) is 8.31. The van der Waals surface area contributed by atoms with Gasteiger partial charge >= 0.3 is 0 Å². The minimum Gasteiger partial charge on any atom is -0.207 e. The average molecular weight is 336 g/mol. The summed E-state index contributed by atoms with van der Waals surface area (Å²) in [5.74, 6) is -2.43. The zero-order valence-electron chi connectivity index (χ0n) is 13.8. The third-order valence-corrected chi connectivity index (χ3v) is 5.07. The summed E-state index contributed by atoms with van der Waals surface area (Å²) in [5, 5.41) is 0. The number of hydrogen-bond donors (Lipinski definition) is 0. The standard InChI is InChI=1S/C20H20F4/c1-11-3-5-13(6-4-11)14-8-18(23)20(19(24)9-14)15-10-16(21)12(2)7-17(15)22/h7-11,13H,3-6H2,1-2H3. The van der Waals surface area contributed by atoms with E-state index in [1.54, 1.807) is 0 Å². The molecule has 3 rings (SSSR count). The van der Waals surface area contributed by atoms with E-state index in [9.17, 15) is 17.6 Å². The van der Waals surface area contributed by atoms with Crippen LogP contribution in [0, 0.1) is 36.1 Å². The molecule has 1 fully saturated rings. The minimum atomic E-state index is -0.842. The van der Waals surface area contributed by atoms with Gasteiger partial charge in [0.1, 0.15) is 23.3 Å². The highest BCUT2D eigenvalue weighted by Crippen LogP contribution is 2.38. The first-order chi connectivity index (χ1) is 11.4. The number of benzene rings is 2. The molecule has 0 heterocycles. The zero-order valence-corrected chi connectivity index (χ0v) is 13.8. The van der Waals surface area contributed by atoms with Gasteiger partial charge in [-0.15, -0.1) is 0 Å². The first kappa shape index (κ1) is 17.0. The Morgan fingerprint density at radius 3 is 1.92 bits per heavy atom. The van der Waals surface area contributed by atoms with E-state index in [-0.39, 0.29) is 17.0 Å². The van der Waals surface area contributed by atoms with E-state index < -0.39 is 28.8 Å². The van der Waals surface area contributed by atoms with Crippen molar-refractivity contribution in [3.63, 3.8) is 0 Å². The molecule has 0 aromatic heterocycles. The van der Waals surface area contributed by atoms with Crippen LogP contribution in [0.25, 0.3) is 11.1 Å². The smallest absolute Gasteiger partial charge is 0.134 e. The first-order valence-electron chi connectivity index (χ1n) is 8.31. The lowest BCUT2D eigenvalue weighted by atomic mass is 9.79. The third-order valence-electron chi connectivity index (χ3n) is 5.07. The Labute approximate surface area is 139 Å². The topological polar surface area (TPSA) is 0 Å². The highest BCUT2D eigenvalue weighted by Gasteiger charge is 2.24. The van der Waals surface area contributed by atoms with Crippen LogP contribution >= 0.6 is 0 Å². The molecule has 0 unspecified atom stereocenters. The Morgan fingerprint density at radius 2 is 1.33 bits per heavy atom. The third kappa shape index (κ3) is 3.19. The molecular formula is C20H20F4. The van der Waals surface area contributed by atoms with Crippen molar-refractivity contribution in [1.29, 1.82) is 0 Å². The van der Waals surface area contributed by atoms with Crippen LogP contribution in [0.1, 0.15) is 49.7 Å². The summed E-state index contributed by atoms with van der Waals surface area (Å²) < 4.78 is 56.8. The van der Waals surface area contributed by atoms with Crippen molar-refractivity contribution in [2.75, 3.05) is 0 Å². The molecule has 0 amide bonds. The van der Waals surface area contributed by atoms with E-state index in [1.807, 2.05) is 0 Å². The molecule has 0 N–H and O–H groups in total. The highest BCUT2D eigenvalue weighted by atomic mass is 19.1. The van der Waals surface area contributed by atoms with E-state index in [1.165, 1.54) is 19.1 Å². The summed E-state index contributed by atoms with van der Waals surface area (Å²) in [6.07, 6.45) is 3.86. The summed E-state index contributed by atoms with van der Waals surface area (Å²) in [4.78, 5) is 0. The Hall–Kier alpha value is -1.84. The van der Waals surface area contributed by atoms with Crippen molar-refractivity contribution in [2.45, 2.75) is 45.4 Å². The van der Waals surface area contributed by atoms with Crippen LogP contribution in [-0.4, -0.2) is 0 Å². The second-order valence-corrected chi connectivity index (χ2v) is 6.90. The van der Waals surface area contributed by atoms with Gasteiger partial charge in [-0.2, -0.15) is 0 Å². The van der Waals surface area contributed by atoms with Crippen LogP contribution < -0.4 is 0 Å². The van der Waals surface area contributed by atoms with Crippen molar-refractivity contribution in [3.8, 4) is 11.1 Å². The van der Waals surface area contributed by atoms with Crippen molar-refractivity contribution >= 4 is 0 Å². The van der Waals surface area contributed by atoms with E-state index >= 15 is 0 Å². The van der Waals surface area contributed by atoms with Gasteiger partial charge in [0.05, 0.1) is 5.56 Å². The maximum Gasteiger partial charge on any atom is 0.134 e. The van der Waals surface area contributed by atoms with Gasteiger partial charge < -0.3 is 0 Å². The van der Waals surface area contributed by atoms with Crippen LogP contribution in [0.15, 0.2) is 24.3 Å². The van der Waals surface area contributed by atoms with Gasteiger partial charge in [-0.1, -0.05) is 19.8 Å². The lowest BCUT2D eigenvalue weighted by Gasteiger charge is -2.26. The van der Waals surface area contributed by atoms with E-state index in [0.717, 1.165) is 37.8 Å². The second-order valence-electron chi connectivity index (χ2n) is 6.90. The average Bonchev–Trinajstić information content (AvgIpc) is 2.52. The summed E-state index contributed by atoms with van der Waals surface area (Å²) in [5.41, 5.74) is -0.171. The second kappa shape index (κ2) is 6.58. The molecule has 2 aromatic carbocycles. The van der Waals surface area contributed by atoms with Crippen molar-refractivity contribution in [1.82, 2.24) is 0 Å². The van der Waals surface area contributed by atoms with E-state index in [4.69, 9.17) is 0 Å². The summed E-state index contributed by atoms with van der Waals surface area (Å²) in [6.45, 7) is 3.58. The van der Waals surface area contributed by atoms with Gasteiger partial charge in [0.2, 0.25) is 0 Å². The Morgan fingerprint density at radius 1 is 0.750 bits per heavy atom. The molecule has 1 aliphatic rings. The maximum absolute atomic E-state index is 14.5. The quantitative estimate of drug-likeness (QED) is 0.548. The zero-order chi connectivity index (χ0) is 17.4. The monoisotopic (exact) mass is 336 g/mol. The number of aryl methyl sites for hydroxylation is 1. The predicted molar refractivity (Wildman–Crippen MR) is 86.8 cm³/mol. The molecule has 24 heavy (non-hydrogen) atoms. The van der Waals surface area contributed by atoms with E-state index in [2.05, 4.69) is 6.92 Å². The van der Waals surface area contributed by atoms with Crippen LogP contribution in [0.5, 0.6) is 0 Å². The Bertz CT molecular complexity index is 735. The predicted octanol–water partition coefficient (Wildman–Crippen LogP) is 6.51. The van der Waals surface area contributed by atoms with Gasteiger partial charge in [-0.05, 0) is 67.0 Å². The molecule has 0 bridgehead atoms. The van der Waals surface area contributed by atoms with Crippen LogP contribution in [0.3, 0.4) is 0 Å². The molecule has 0 saturated heterocycles. The van der Waals surface area contributed by atoms with Gasteiger partial charge in [0.15, 0.2) is 0 Å². The van der Waals surface area contributed by atoms with Crippen LogP contribution in [0.4, 0.5) is 17.6 Å². The fourth-order valence-electron chi connectivity index (χ4n) is 3.52. The number of hydrogen-bond acceptors (Lipinski definition) is 0. The van der Waals surface area contributed by atoms with Crippen molar-refractivity contribution in [3.05, 3.63) is 58.7 Å². The van der Waals surface area contributed by atoms with E-state index in [0.29, 0.717) is 11.5 Å². The summed E-state index contributed by atoms with van der Waals surface area (Å²) >= 11 is 0. The molecule has 0 nitrogen and oxygen atoms in total. The fraction of sp³-hybridized carbons (Fsp3) is 0.400. The maximum atomic E-state index is 14.5. The van der Waals surface area contributed by atoms with Crippen molar-refractivity contribution < 1.29 is 17.6 Å². The van der Waals surface area contributed by atoms with Crippen LogP contribution in [-0.2, 0) is 0 Å². The molecule has 0 aliphatic heterocycles. The SMILES string of the molecule is Cc1cc(F)c(-c2c(F)cc(C3CCC(C)CC3)cc2F)cc1F. The van der Waals surface area contributed by atoms with Crippen LogP contribution in [0.2, 0.25) is 0 Å². The molecule has 0 atom stereocenters. The lowest BCUT2D eigenvalue weighted by molar-refractivity contribution is 0.346. The molecule has 0 spiro atoms. The summed E-state index contributed by atoms with van der Waals surface area (Å²) in [6, 6.07) is 4.36. The van der Waals surface area contributed by atoms with Gasteiger partial charge in [0, 0.05) is 5.56 Å². The normalized spacial score (nSPS) is 21.1. The van der Waals surface area contributed by atoms with Gasteiger partial charge in [-0.25, -0.2) is 17.6 Å². The molecule has 4 heteroatoms. The Balaban J connectivity index is 2.01. The largest absolute Gasteiger partial charge is 0.207 e. The molecule has 2 aromatic rings. The summed E-state index contributed by atoms with van der Waals surface area (Å²) in [7, 11) is 0. The number of rotatable bonds is 2. The minimum absolute atomic E-state index is 0.102. The molecule has 1 aliphatic carbocycles. The molecule has 0 radical (unpaired) electrons. The highest BCUT2D eigenvalue weighted by molar-refractivity contribution is 5.66. The molecular weight excluding hydrogens is 316 g/mol. The van der Waals surface area contributed by atoms with Gasteiger partial charge in [-0.3, -0.25) is 0 Å². The van der Waals surface area contributed by atoms with Gasteiger partial charge in [0.25, 0.3) is 0 Å². The lowest BCUT2D eigenvalue weighted by Crippen LogP contribution is -2.11. The van der Waals surface area contributed by atoms with Crippen molar-refractivity contribution in [2.24, 2.45) is 5.92 Å².